The van der Waals surface area contributed by atoms with Gasteiger partial charge in [0.25, 0.3) is 0 Å². The van der Waals surface area contributed by atoms with E-state index in [2.05, 4.69) is 0 Å². The molecule has 2 aromatic rings. The van der Waals surface area contributed by atoms with E-state index in [0.29, 0.717) is 0 Å². The normalized spacial score (nSPS) is 13.4. The fourth-order valence-electron chi connectivity index (χ4n) is 2.28. The van der Waals surface area contributed by atoms with Crippen LogP contribution in [-0.2, 0) is 0 Å². The minimum atomic E-state index is -1.99. The van der Waals surface area contributed by atoms with Crippen molar-refractivity contribution < 1.29 is 26.3 Å². The van der Waals surface area contributed by atoms with Gasteiger partial charge in [-0.2, -0.15) is 10.5 Å². The molecule has 0 fully saturated rings. The summed E-state index contributed by atoms with van der Waals surface area (Å²) in [6, 6.07) is 2.71. The second kappa shape index (κ2) is 5.89. The molecule has 0 atom stereocenters. The van der Waals surface area contributed by atoms with E-state index in [0.717, 1.165) is 13.8 Å². The average Bonchev–Trinajstić information content (AvgIpc) is 2.55. The summed E-state index contributed by atoms with van der Waals surface area (Å²) in [4.78, 5) is 0. The molecule has 8 heteroatoms. The molecular weight excluding hydrogens is 334 g/mol. The quantitative estimate of drug-likeness (QED) is 0.547. The Hall–Kier alpha value is -3.00. The van der Waals surface area contributed by atoms with Crippen molar-refractivity contribution in [1.82, 2.24) is 0 Å². The van der Waals surface area contributed by atoms with Gasteiger partial charge in [-0.05, 0) is 13.8 Å². The first-order valence-electron chi connectivity index (χ1n) is 6.33. The van der Waals surface area contributed by atoms with Crippen molar-refractivity contribution in [3.8, 4) is 12.1 Å². The highest BCUT2D eigenvalue weighted by atomic mass is 19.2. The zero-order valence-electron chi connectivity index (χ0n) is 12.2. The number of hydrogen-bond acceptors (Lipinski definition) is 2. The molecule has 0 heterocycles. The Balaban J connectivity index is 3.43. The highest BCUT2D eigenvalue weighted by Crippen LogP contribution is 2.26. The maximum absolute atomic E-state index is 14.4. The molecule has 0 N–H and O–H groups in total. The smallest absolute Gasteiger partial charge is 0.170 e. The molecule has 0 spiro atoms. The van der Waals surface area contributed by atoms with E-state index in [1.54, 1.807) is 0 Å². The van der Waals surface area contributed by atoms with Crippen LogP contribution in [0, 0.1) is 57.6 Å². The molecule has 122 valence electrons. The van der Waals surface area contributed by atoms with Crippen LogP contribution in [0.2, 0.25) is 0 Å². The molecular formula is C16H6F6N2. The van der Waals surface area contributed by atoms with Crippen LogP contribution in [0.15, 0.2) is 0 Å². The maximum Gasteiger partial charge on any atom is 0.170 e. The van der Waals surface area contributed by atoms with Crippen LogP contribution in [0.1, 0.15) is 13.8 Å². The Bertz CT molecular complexity index is 1010. The van der Waals surface area contributed by atoms with Gasteiger partial charge in [0.15, 0.2) is 23.3 Å². The lowest BCUT2D eigenvalue weighted by atomic mass is 10.0. The van der Waals surface area contributed by atoms with Crippen LogP contribution in [0.25, 0.3) is 21.9 Å². The van der Waals surface area contributed by atoms with Crippen molar-refractivity contribution in [3.05, 3.63) is 45.3 Å². The molecule has 0 aliphatic rings. The van der Waals surface area contributed by atoms with Gasteiger partial charge < -0.3 is 0 Å². The molecule has 0 amide bonds. The standard InChI is InChI=1S/C16H6F6N2/c1-5(3-23)7-11(17)9-10(15(21)13(7)19)12(18)8(6(2)4-24)14(20)16(9)22/h1-2H3/b7-5-,8-6-. The third kappa shape index (κ3) is 2.19. The van der Waals surface area contributed by atoms with E-state index in [-0.39, 0.29) is 0 Å². The van der Waals surface area contributed by atoms with E-state index < -0.39 is 67.3 Å². The van der Waals surface area contributed by atoms with Gasteiger partial charge in [0, 0.05) is 11.1 Å². The number of rotatable bonds is 0. The monoisotopic (exact) mass is 340 g/mol. The molecule has 0 saturated carbocycles. The number of nitrogens with zero attached hydrogens (tertiary/aromatic N) is 2. The van der Waals surface area contributed by atoms with Gasteiger partial charge in [0.1, 0.15) is 11.6 Å². The largest absolute Gasteiger partial charge is 0.205 e. The predicted octanol–water partition coefficient (Wildman–Crippen LogP) is 3.06. The van der Waals surface area contributed by atoms with Crippen LogP contribution < -0.4 is 10.4 Å². The van der Waals surface area contributed by atoms with Crippen molar-refractivity contribution in [2.45, 2.75) is 13.8 Å². The predicted molar refractivity (Wildman–Crippen MR) is 72.3 cm³/mol. The van der Waals surface area contributed by atoms with Crippen molar-refractivity contribution in [2.75, 3.05) is 0 Å². The molecule has 0 bridgehead atoms. The average molecular weight is 340 g/mol. The first kappa shape index (κ1) is 17.4. The fourth-order valence-corrected chi connectivity index (χ4v) is 2.28. The van der Waals surface area contributed by atoms with E-state index >= 15 is 0 Å². The van der Waals surface area contributed by atoms with Gasteiger partial charge in [-0.3, -0.25) is 0 Å². The lowest BCUT2D eigenvalue weighted by Gasteiger charge is -2.09. The van der Waals surface area contributed by atoms with Crippen LogP contribution >= 0.6 is 0 Å². The first-order chi connectivity index (χ1) is 11.2. The number of halogens is 6. The highest BCUT2D eigenvalue weighted by molar-refractivity contribution is 5.87. The van der Waals surface area contributed by atoms with Crippen LogP contribution in [-0.4, -0.2) is 0 Å². The SMILES string of the molecule is C/C(C#N)=c1/c(F)c(F)c2c(F)/c(=C(\C)C#N)c(F)c(F)c2c1F. The zero-order valence-corrected chi connectivity index (χ0v) is 12.2. The summed E-state index contributed by atoms with van der Waals surface area (Å²) in [5.41, 5.74) is -1.29. The van der Waals surface area contributed by atoms with E-state index in [9.17, 15) is 26.3 Å². The summed E-state index contributed by atoms with van der Waals surface area (Å²) in [6.45, 7) is 1.86. The van der Waals surface area contributed by atoms with Crippen LogP contribution in [0.3, 0.4) is 0 Å². The Morgan fingerprint density at radius 3 is 1.12 bits per heavy atom. The van der Waals surface area contributed by atoms with Gasteiger partial charge >= 0.3 is 0 Å². The van der Waals surface area contributed by atoms with Gasteiger partial charge in [-0.15, -0.1) is 0 Å². The Kier molecular flexibility index (Phi) is 4.26. The number of fused-ring (bicyclic) bond motifs is 1. The van der Waals surface area contributed by atoms with Crippen molar-refractivity contribution >= 4 is 21.9 Å². The third-order valence-electron chi connectivity index (χ3n) is 3.48. The minimum absolute atomic E-state index is 0.644. The molecule has 0 radical (unpaired) electrons. The van der Waals surface area contributed by atoms with Crippen LogP contribution in [0.4, 0.5) is 26.3 Å². The van der Waals surface area contributed by atoms with E-state index in [1.807, 2.05) is 0 Å². The summed E-state index contributed by atoms with van der Waals surface area (Å²) < 4.78 is 85.1. The molecule has 0 saturated heterocycles. The molecule has 24 heavy (non-hydrogen) atoms. The lowest BCUT2D eigenvalue weighted by molar-refractivity contribution is 0.471. The van der Waals surface area contributed by atoms with Crippen molar-refractivity contribution in [3.63, 3.8) is 0 Å². The molecule has 0 aliphatic heterocycles. The van der Waals surface area contributed by atoms with E-state index in [1.165, 1.54) is 12.1 Å². The summed E-state index contributed by atoms with van der Waals surface area (Å²) in [7, 11) is 0. The maximum atomic E-state index is 14.4. The fraction of sp³-hybridized carbons (Fsp3) is 0.125. The summed E-state index contributed by atoms with van der Waals surface area (Å²) >= 11 is 0. The summed E-state index contributed by atoms with van der Waals surface area (Å²) in [6.07, 6.45) is 0. The summed E-state index contributed by atoms with van der Waals surface area (Å²) in [5.74, 6) is -11.4. The van der Waals surface area contributed by atoms with Gasteiger partial charge in [-0.25, -0.2) is 26.3 Å². The van der Waals surface area contributed by atoms with E-state index in [4.69, 9.17) is 10.5 Å². The molecule has 0 aromatic heterocycles. The summed E-state index contributed by atoms with van der Waals surface area (Å²) in [5, 5.41) is 12.0. The first-order valence-corrected chi connectivity index (χ1v) is 6.33. The molecule has 2 nitrogen and oxygen atoms in total. The Morgan fingerprint density at radius 1 is 0.583 bits per heavy atom. The van der Waals surface area contributed by atoms with Crippen molar-refractivity contribution in [2.24, 2.45) is 0 Å². The molecule has 0 aliphatic carbocycles. The van der Waals surface area contributed by atoms with Crippen LogP contribution in [0.5, 0.6) is 0 Å². The third-order valence-corrected chi connectivity index (χ3v) is 3.48. The molecule has 2 aromatic carbocycles. The second-order valence-electron chi connectivity index (χ2n) is 4.86. The Labute approximate surface area is 131 Å². The number of nitriles is 2. The molecule has 0 unspecified atom stereocenters. The number of benzene rings is 2. The van der Waals surface area contributed by atoms with Gasteiger partial charge in [-0.1, -0.05) is 0 Å². The second-order valence-corrected chi connectivity index (χ2v) is 4.86. The lowest BCUT2D eigenvalue weighted by Crippen LogP contribution is -2.25. The van der Waals surface area contributed by atoms with Crippen molar-refractivity contribution in [1.29, 1.82) is 10.5 Å². The van der Waals surface area contributed by atoms with Gasteiger partial charge in [0.05, 0.1) is 33.3 Å². The minimum Gasteiger partial charge on any atom is -0.205 e. The zero-order chi connectivity index (χ0) is 18.3. The topological polar surface area (TPSA) is 47.6 Å². The highest BCUT2D eigenvalue weighted by Gasteiger charge is 2.27. The number of hydrogen-bond donors (Lipinski definition) is 0. The van der Waals surface area contributed by atoms with Gasteiger partial charge in [0.2, 0.25) is 0 Å². The Morgan fingerprint density at radius 2 is 0.875 bits per heavy atom. The molecule has 2 rings (SSSR count).